The van der Waals surface area contributed by atoms with Crippen LogP contribution in [0, 0.1) is 0 Å². The third kappa shape index (κ3) is 5.31. The van der Waals surface area contributed by atoms with Crippen LogP contribution in [0.5, 0.6) is 0 Å². The van der Waals surface area contributed by atoms with Crippen LogP contribution in [0.15, 0.2) is 42.5 Å². The van der Waals surface area contributed by atoms with Crippen LogP contribution in [0.1, 0.15) is 41.3 Å². The number of benzene rings is 2. The smallest absolute Gasteiger partial charge is 0.253 e. The van der Waals surface area contributed by atoms with Crippen LogP contribution in [0.2, 0.25) is 5.02 Å². The quantitative estimate of drug-likeness (QED) is 0.695. The molecule has 2 aromatic carbocycles. The third-order valence-electron chi connectivity index (χ3n) is 6.43. The van der Waals surface area contributed by atoms with Gasteiger partial charge in [-0.15, -0.1) is 0 Å². The van der Waals surface area contributed by atoms with Gasteiger partial charge in [0.25, 0.3) is 5.91 Å². The number of halogens is 1. The predicted octanol–water partition coefficient (Wildman–Crippen LogP) is 3.53. The van der Waals surface area contributed by atoms with Crippen molar-refractivity contribution in [2.45, 2.75) is 32.9 Å². The summed E-state index contributed by atoms with van der Waals surface area (Å²) in [7, 11) is 0. The lowest BCUT2D eigenvalue weighted by molar-refractivity contribution is -0.117. The highest BCUT2D eigenvalue weighted by atomic mass is 35.5. The molecule has 0 saturated carbocycles. The van der Waals surface area contributed by atoms with E-state index in [0.29, 0.717) is 35.8 Å². The molecule has 2 aliphatic heterocycles. The average Bonchev–Trinajstić information content (AvgIpc) is 3.24. The molecule has 32 heavy (non-hydrogen) atoms. The number of likely N-dealkylation sites (N-methyl/N-ethyl adjacent to an activating group) is 1. The topological polar surface area (TPSA) is 55.9 Å². The summed E-state index contributed by atoms with van der Waals surface area (Å²) in [5, 5.41) is 3.58. The summed E-state index contributed by atoms with van der Waals surface area (Å²) in [4.78, 5) is 31.9. The van der Waals surface area contributed by atoms with Gasteiger partial charge in [0.2, 0.25) is 5.91 Å². The zero-order valence-corrected chi connectivity index (χ0v) is 19.4. The maximum atomic E-state index is 13.1. The molecular formula is C25H31ClN4O2. The zero-order valence-electron chi connectivity index (χ0n) is 18.6. The number of anilines is 1. The number of carbonyl (C=O) groups is 2. The Hall–Kier alpha value is -2.41. The van der Waals surface area contributed by atoms with Crippen molar-refractivity contribution in [3.8, 4) is 0 Å². The van der Waals surface area contributed by atoms with E-state index in [1.165, 1.54) is 5.56 Å². The summed E-state index contributed by atoms with van der Waals surface area (Å²) in [6.07, 6.45) is 1.31. The molecule has 170 valence electrons. The summed E-state index contributed by atoms with van der Waals surface area (Å²) in [6.45, 7) is 9.59. The fourth-order valence-electron chi connectivity index (χ4n) is 4.48. The van der Waals surface area contributed by atoms with E-state index in [1.54, 1.807) is 23.1 Å². The van der Waals surface area contributed by atoms with Crippen LogP contribution >= 0.6 is 11.6 Å². The van der Waals surface area contributed by atoms with Gasteiger partial charge < -0.3 is 15.1 Å². The fraction of sp³-hybridized carbons (Fsp3) is 0.440. The van der Waals surface area contributed by atoms with Gasteiger partial charge in [-0.25, -0.2) is 0 Å². The Balaban J connectivity index is 1.44. The van der Waals surface area contributed by atoms with E-state index in [0.717, 1.165) is 51.3 Å². The molecular weight excluding hydrogens is 424 g/mol. The van der Waals surface area contributed by atoms with E-state index in [9.17, 15) is 9.59 Å². The minimum absolute atomic E-state index is 0.0369. The average molecular weight is 455 g/mol. The molecule has 0 aromatic heterocycles. The molecule has 1 N–H and O–H groups in total. The lowest BCUT2D eigenvalue weighted by Crippen LogP contribution is -2.45. The number of nitrogens with zero attached hydrogens (tertiary/aromatic N) is 3. The second kappa shape index (κ2) is 10.5. The maximum absolute atomic E-state index is 13.1. The van der Waals surface area contributed by atoms with Crippen molar-refractivity contribution in [2.24, 2.45) is 0 Å². The van der Waals surface area contributed by atoms with E-state index in [-0.39, 0.29) is 11.8 Å². The first-order chi connectivity index (χ1) is 15.5. The molecule has 6 nitrogen and oxygen atoms in total. The summed E-state index contributed by atoms with van der Waals surface area (Å²) in [6, 6.07) is 13.4. The summed E-state index contributed by atoms with van der Waals surface area (Å²) in [5.41, 5.74) is 3.44. The van der Waals surface area contributed by atoms with Gasteiger partial charge >= 0.3 is 0 Å². The van der Waals surface area contributed by atoms with Crippen LogP contribution in [-0.4, -0.2) is 60.9 Å². The lowest BCUT2D eigenvalue weighted by atomic mass is 10.1. The van der Waals surface area contributed by atoms with Crippen LogP contribution < -0.4 is 10.2 Å². The zero-order chi connectivity index (χ0) is 22.5. The molecule has 0 spiro atoms. The summed E-state index contributed by atoms with van der Waals surface area (Å²) in [5.74, 6) is -0.155. The molecule has 4 rings (SSSR count). The van der Waals surface area contributed by atoms with Crippen molar-refractivity contribution in [1.29, 1.82) is 0 Å². The second-order valence-corrected chi connectivity index (χ2v) is 8.91. The molecule has 2 fully saturated rings. The van der Waals surface area contributed by atoms with Crippen molar-refractivity contribution in [1.82, 2.24) is 15.1 Å². The molecule has 2 amide bonds. The number of carbonyl (C=O) groups excluding carboxylic acids is 2. The highest BCUT2D eigenvalue weighted by Gasteiger charge is 2.26. The van der Waals surface area contributed by atoms with Crippen LogP contribution in [0.3, 0.4) is 0 Å². The van der Waals surface area contributed by atoms with Gasteiger partial charge in [0.15, 0.2) is 0 Å². The molecule has 0 bridgehead atoms. The molecule has 0 atom stereocenters. The van der Waals surface area contributed by atoms with Crippen molar-refractivity contribution in [3.05, 3.63) is 64.2 Å². The first-order valence-electron chi connectivity index (χ1n) is 11.4. The SMILES string of the molecule is CCN1CCN(Cc2ccccc2CNC(=O)c2ccc(Cl)cc2N2CCCC2=O)CC1. The first-order valence-corrected chi connectivity index (χ1v) is 11.8. The van der Waals surface area contributed by atoms with E-state index in [4.69, 9.17) is 11.6 Å². The number of hydrogen-bond acceptors (Lipinski definition) is 4. The third-order valence-corrected chi connectivity index (χ3v) is 6.67. The number of amides is 2. The minimum atomic E-state index is -0.192. The molecule has 7 heteroatoms. The molecule has 2 aromatic rings. The lowest BCUT2D eigenvalue weighted by Gasteiger charge is -2.34. The van der Waals surface area contributed by atoms with Gasteiger partial charge in [-0.3, -0.25) is 14.5 Å². The Morgan fingerprint density at radius 2 is 1.72 bits per heavy atom. The molecule has 0 aliphatic carbocycles. The van der Waals surface area contributed by atoms with E-state index >= 15 is 0 Å². The molecule has 2 aliphatic rings. The highest BCUT2D eigenvalue weighted by Crippen LogP contribution is 2.29. The van der Waals surface area contributed by atoms with E-state index < -0.39 is 0 Å². The van der Waals surface area contributed by atoms with Crippen LogP contribution in [0.25, 0.3) is 0 Å². The van der Waals surface area contributed by atoms with Gasteiger partial charge in [0.1, 0.15) is 0 Å². The van der Waals surface area contributed by atoms with Gasteiger partial charge in [0, 0.05) is 57.3 Å². The normalized spacial score (nSPS) is 17.7. The van der Waals surface area contributed by atoms with Gasteiger partial charge in [-0.2, -0.15) is 0 Å². The largest absolute Gasteiger partial charge is 0.348 e. The molecule has 0 radical (unpaired) electrons. The van der Waals surface area contributed by atoms with E-state index in [2.05, 4.69) is 40.2 Å². The van der Waals surface area contributed by atoms with Crippen LogP contribution in [-0.2, 0) is 17.9 Å². The summed E-state index contributed by atoms with van der Waals surface area (Å²) >= 11 is 6.17. The molecule has 0 unspecified atom stereocenters. The van der Waals surface area contributed by atoms with Crippen molar-refractivity contribution >= 4 is 29.1 Å². The predicted molar refractivity (Wildman–Crippen MR) is 128 cm³/mol. The standard InChI is InChI=1S/C25H31ClN4O2/c1-2-28-12-14-29(15-13-28)18-20-7-4-3-6-19(20)17-27-25(32)22-10-9-21(26)16-23(22)30-11-5-8-24(30)31/h3-4,6-7,9-10,16H,2,5,8,11-15,17-18H2,1H3,(H,27,32). The Kier molecular flexibility index (Phi) is 7.45. The maximum Gasteiger partial charge on any atom is 0.253 e. The molecule has 2 heterocycles. The monoisotopic (exact) mass is 454 g/mol. The number of hydrogen-bond donors (Lipinski definition) is 1. The van der Waals surface area contributed by atoms with Gasteiger partial charge in [-0.05, 0) is 42.3 Å². The van der Waals surface area contributed by atoms with E-state index in [1.807, 2.05) is 6.07 Å². The Bertz CT molecular complexity index is 972. The Morgan fingerprint density at radius 3 is 2.41 bits per heavy atom. The number of rotatable bonds is 7. The molecule has 2 saturated heterocycles. The highest BCUT2D eigenvalue weighted by molar-refractivity contribution is 6.31. The first kappa shape index (κ1) is 22.8. The summed E-state index contributed by atoms with van der Waals surface area (Å²) < 4.78 is 0. The minimum Gasteiger partial charge on any atom is -0.348 e. The van der Waals surface area contributed by atoms with Crippen LogP contribution in [0.4, 0.5) is 5.69 Å². The van der Waals surface area contributed by atoms with Crippen molar-refractivity contribution < 1.29 is 9.59 Å². The van der Waals surface area contributed by atoms with Gasteiger partial charge in [0.05, 0.1) is 11.3 Å². The van der Waals surface area contributed by atoms with Gasteiger partial charge in [-0.1, -0.05) is 42.8 Å². The Labute approximate surface area is 195 Å². The van der Waals surface area contributed by atoms with Crippen molar-refractivity contribution in [2.75, 3.05) is 44.2 Å². The second-order valence-electron chi connectivity index (χ2n) is 8.47. The number of piperazine rings is 1. The fourth-order valence-corrected chi connectivity index (χ4v) is 4.65. The number of nitrogens with one attached hydrogen (secondary N) is 1. The Morgan fingerprint density at radius 1 is 1.00 bits per heavy atom. The van der Waals surface area contributed by atoms with Crippen molar-refractivity contribution in [3.63, 3.8) is 0 Å².